The highest BCUT2D eigenvalue weighted by molar-refractivity contribution is 7.89. The van der Waals surface area contributed by atoms with Gasteiger partial charge in [-0.1, -0.05) is 37.3 Å². The fraction of sp³-hybridized carbons (Fsp3) is 0.364. The number of hydrogen-bond acceptors (Lipinski definition) is 5. The topological polar surface area (TPSA) is 92.8 Å². The number of esters is 1. The van der Waals surface area contributed by atoms with Gasteiger partial charge in [0.15, 0.2) is 6.10 Å². The molecule has 1 N–H and O–H groups in total. The van der Waals surface area contributed by atoms with Gasteiger partial charge in [-0.25, -0.2) is 17.9 Å². The zero-order chi connectivity index (χ0) is 21.9. The Bertz CT molecular complexity index is 1060. The second kappa shape index (κ2) is 8.97. The maximum atomic E-state index is 12.8. The number of nitrogens with one attached hydrogen (secondary N) is 1. The van der Waals surface area contributed by atoms with Gasteiger partial charge in [-0.2, -0.15) is 0 Å². The van der Waals surface area contributed by atoms with Crippen molar-refractivity contribution in [1.29, 1.82) is 0 Å². The number of carbonyl (C=O) groups excluding carboxylic acids is 2. The monoisotopic (exact) mass is 430 g/mol. The zero-order valence-corrected chi connectivity index (χ0v) is 18.2. The average Bonchev–Trinajstić information content (AvgIpc) is 2.72. The first-order valence-electron chi connectivity index (χ1n) is 9.89. The molecule has 0 bridgehead atoms. The summed E-state index contributed by atoms with van der Waals surface area (Å²) < 4.78 is 32.3. The zero-order valence-electron chi connectivity index (χ0n) is 17.3. The summed E-state index contributed by atoms with van der Waals surface area (Å²) in [5, 5.41) is 0. The minimum absolute atomic E-state index is 0.0199. The van der Waals surface area contributed by atoms with Gasteiger partial charge in [0.1, 0.15) is 0 Å². The van der Waals surface area contributed by atoms with Crippen molar-refractivity contribution in [3.8, 4) is 0 Å². The Hall–Kier alpha value is -2.71. The number of ether oxygens (including phenoxy) is 1. The molecule has 0 fully saturated rings. The predicted octanol–water partition coefficient (Wildman–Crippen LogP) is 2.42. The maximum Gasteiger partial charge on any atom is 0.339 e. The molecule has 0 aliphatic carbocycles. The summed E-state index contributed by atoms with van der Waals surface area (Å²) in [7, 11) is -3.71. The molecule has 0 spiro atoms. The van der Waals surface area contributed by atoms with Crippen molar-refractivity contribution in [1.82, 2.24) is 9.62 Å². The number of carbonyl (C=O) groups is 2. The second-order valence-electron chi connectivity index (χ2n) is 7.30. The van der Waals surface area contributed by atoms with Crippen LogP contribution in [0, 0.1) is 6.92 Å². The van der Waals surface area contributed by atoms with E-state index >= 15 is 0 Å². The van der Waals surface area contributed by atoms with Crippen molar-refractivity contribution in [2.24, 2.45) is 0 Å². The largest absolute Gasteiger partial charge is 0.449 e. The van der Waals surface area contributed by atoms with E-state index in [0.717, 1.165) is 12.0 Å². The first-order valence-corrected chi connectivity index (χ1v) is 11.4. The van der Waals surface area contributed by atoms with Crippen LogP contribution >= 0.6 is 0 Å². The standard InChI is InChI=1S/C22H26N2O5S/c1-4-23-30(27,28)19-10-9-15(2)20(13-19)22(26)29-16(3)21(25)24-12-11-17-7-5-6-8-18(17)14-24/h5-10,13,16,23H,4,11-12,14H2,1-3H3. The van der Waals surface area contributed by atoms with E-state index in [1.165, 1.54) is 24.6 Å². The Kier molecular flexibility index (Phi) is 6.58. The smallest absolute Gasteiger partial charge is 0.339 e. The molecule has 2 aromatic carbocycles. The Morgan fingerprint density at radius 2 is 1.87 bits per heavy atom. The molecule has 1 aliphatic rings. The molecule has 0 aromatic heterocycles. The highest BCUT2D eigenvalue weighted by Gasteiger charge is 2.28. The SMILES string of the molecule is CCNS(=O)(=O)c1ccc(C)c(C(=O)OC(C)C(=O)N2CCc3ccccc3C2)c1. The van der Waals surface area contributed by atoms with E-state index in [2.05, 4.69) is 10.8 Å². The van der Waals surface area contributed by atoms with Crippen LogP contribution in [0.4, 0.5) is 0 Å². The first-order chi connectivity index (χ1) is 14.2. The van der Waals surface area contributed by atoms with Gasteiger partial charge in [-0.05, 0) is 49.1 Å². The van der Waals surface area contributed by atoms with Crippen LogP contribution in [-0.4, -0.2) is 44.4 Å². The van der Waals surface area contributed by atoms with Gasteiger partial charge in [-0.15, -0.1) is 0 Å². The molecule has 160 valence electrons. The molecule has 1 atom stereocenters. The number of amides is 1. The van der Waals surface area contributed by atoms with E-state index in [9.17, 15) is 18.0 Å². The minimum atomic E-state index is -3.71. The molecule has 1 aliphatic heterocycles. The molecule has 3 rings (SSSR count). The van der Waals surface area contributed by atoms with Crippen molar-refractivity contribution in [3.05, 3.63) is 64.7 Å². The summed E-state index contributed by atoms with van der Waals surface area (Å²) >= 11 is 0. The third kappa shape index (κ3) is 4.71. The lowest BCUT2D eigenvalue weighted by atomic mass is 9.99. The average molecular weight is 431 g/mol. The molecule has 7 nitrogen and oxygen atoms in total. The number of rotatable bonds is 6. The van der Waals surface area contributed by atoms with E-state index in [4.69, 9.17) is 4.74 Å². The fourth-order valence-electron chi connectivity index (χ4n) is 3.48. The highest BCUT2D eigenvalue weighted by Crippen LogP contribution is 2.21. The lowest BCUT2D eigenvalue weighted by molar-refractivity contribution is -0.140. The van der Waals surface area contributed by atoms with Crippen molar-refractivity contribution in [3.63, 3.8) is 0 Å². The van der Waals surface area contributed by atoms with Gasteiger partial charge in [0.05, 0.1) is 10.5 Å². The highest BCUT2D eigenvalue weighted by atomic mass is 32.2. The van der Waals surface area contributed by atoms with Crippen LogP contribution in [0.15, 0.2) is 47.4 Å². The third-order valence-electron chi connectivity index (χ3n) is 5.15. The Morgan fingerprint density at radius 1 is 1.17 bits per heavy atom. The second-order valence-corrected chi connectivity index (χ2v) is 9.07. The lowest BCUT2D eigenvalue weighted by Crippen LogP contribution is -2.42. The van der Waals surface area contributed by atoms with Gasteiger partial charge >= 0.3 is 5.97 Å². The Morgan fingerprint density at radius 3 is 2.57 bits per heavy atom. The number of fused-ring (bicyclic) bond motifs is 1. The minimum Gasteiger partial charge on any atom is -0.449 e. The Balaban J connectivity index is 1.72. The Labute approximate surface area is 177 Å². The van der Waals surface area contributed by atoms with Crippen molar-refractivity contribution in [2.75, 3.05) is 13.1 Å². The van der Waals surface area contributed by atoms with Gasteiger partial charge in [-0.3, -0.25) is 4.79 Å². The van der Waals surface area contributed by atoms with Crippen LogP contribution in [0.2, 0.25) is 0 Å². The number of hydrogen-bond donors (Lipinski definition) is 1. The number of aryl methyl sites for hydroxylation is 1. The van der Waals surface area contributed by atoms with Crippen LogP contribution in [0.3, 0.4) is 0 Å². The molecule has 1 amide bonds. The molecule has 0 radical (unpaired) electrons. The predicted molar refractivity (Wildman–Crippen MR) is 112 cm³/mol. The molecule has 30 heavy (non-hydrogen) atoms. The van der Waals surface area contributed by atoms with E-state index in [0.29, 0.717) is 18.7 Å². The normalized spacial score (nSPS) is 14.7. The van der Waals surface area contributed by atoms with Gasteiger partial charge in [0.2, 0.25) is 10.0 Å². The summed E-state index contributed by atoms with van der Waals surface area (Å²) in [5.41, 5.74) is 3.01. The first kappa shape index (κ1) is 22.0. The van der Waals surface area contributed by atoms with Crippen molar-refractivity contribution < 1.29 is 22.7 Å². The van der Waals surface area contributed by atoms with Gasteiger partial charge in [0.25, 0.3) is 5.91 Å². The fourth-order valence-corrected chi connectivity index (χ4v) is 4.54. The van der Waals surface area contributed by atoms with Crippen molar-refractivity contribution >= 4 is 21.9 Å². The van der Waals surface area contributed by atoms with Gasteiger partial charge < -0.3 is 9.64 Å². The van der Waals surface area contributed by atoms with Crippen molar-refractivity contribution in [2.45, 2.75) is 44.7 Å². The number of sulfonamides is 1. The third-order valence-corrected chi connectivity index (χ3v) is 6.69. The molecule has 0 saturated heterocycles. The summed E-state index contributed by atoms with van der Waals surface area (Å²) in [6.07, 6.45) is -0.220. The quantitative estimate of drug-likeness (QED) is 0.711. The van der Waals surface area contributed by atoms with E-state index in [-0.39, 0.29) is 22.9 Å². The van der Waals surface area contributed by atoms with E-state index < -0.39 is 22.1 Å². The summed E-state index contributed by atoms with van der Waals surface area (Å²) in [5.74, 6) is -0.994. The van der Waals surface area contributed by atoms with Crippen LogP contribution < -0.4 is 4.72 Å². The van der Waals surface area contributed by atoms with Gasteiger partial charge in [0, 0.05) is 19.6 Å². The molecule has 8 heteroatoms. The van der Waals surface area contributed by atoms with Crippen LogP contribution in [0.1, 0.15) is 40.9 Å². The van der Waals surface area contributed by atoms with Crippen LogP contribution in [0.25, 0.3) is 0 Å². The number of benzene rings is 2. The molecule has 1 unspecified atom stereocenters. The van der Waals surface area contributed by atoms with E-state index in [1.54, 1.807) is 24.8 Å². The summed E-state index contributed by atoms with van der Waals surface area (Å²) in [6, 6.07) is 12.2. The maximum absolute atomic E-state index is 12.8. The molecular formula is C22H26N2O5S. The summed E-state index contributed by atoms with van der Waals surface area (Å²) in [6.45, 7) is 6.18. The summed E-state index contributed by atoms with van der Waals surface area (Å²) in [4.78, 5) is 27.2. The number of nitrogens with zero attached hydrogens (tertiary/aromatic N) is 1. The van der Waals surface area contributed by atoms with Crippen LogP contribution in [0.5, 0.6) is 0 Å². The molecule has 0 saturated carbocycles. The van der Waals surface area contributed by atoms with E-state index in [1.807, 2.05) is 18.2 Å². The van der Waals surface area contributed by atoms with Crippen LogP contribution in [-0.2, 0) is 32.5 Å². The molecule has 2 aromatic rings. The molecular weight excluding hydrogens is 404 g/mol. The lowest BCUT2D eigenvalue weighted by Gasteiger charge is -2.30. The molecule has 1 heterocycles.